The number of nitrogens with zero attached hydrogens (tertiary/aromatic N) is 3. The van der Waals surface area contributed by atoms with Gasteiger partial charge < -0.3 is 10.2 Å². The van der Waals surface area contributed by atoms with Crippen LogP contribution in [0.5, 0.6) is 0 Å². The van der Waals surface area contributed by atoms with Crippen molar-refractivity contribution in [2.24, 2.45) is 15.8 Å². The van der Waals surface area contributed by atoms with E-state index >= 15 is 0 Å². The van der Waals surface area contributed by atoms with Gasteiger partial charge in [-0.1, -0.05) is 20.8 Å². The first-order valence-corrected chi connectivity index (χ1v) is 11.3. The number of likely N-dealkylation sites (tertiary alicyclic amines) is 1. The molecule has 0 amide bonds. The van der Waals surface area contributed by atoms with E-state index in [4.69, 9.17) is 4.99 Å². The summed E-state index contributed by atoms with van der Waals surface area (Å²) < 4.78 is 0. The number of rotatable bonds is 2. The summed E-state index contributed by atoms with van der Waals surface area (Å²) in [7, 11) is 0. The third kappa shape index (κ3) is 3.39. The van der Waals surface area contributed by atoms with E-state index in [0.717, 1.165) is 23.5 Å². The van der Waals surface area contributed by atoms with Crippen LogP contribution in [0.25, 0.3) is 0 Å². The molecule has 1 aromatic heterocycles. The predicted molar refractivity (Wildman–Crippen MR) is 117 cm³/mol. The highest BCUT2D eigenvalue weighted by Crippen LogP contribution is 2.52. The Morgan fingerprint density at radius 1 is 1.18 bits per heavy atom. The maximum Gasteiger partial charge on any atom is 0.136 e. The number of aliphatic imine (C=N–C) groups is 1. The number of fused-ring (bicyclic) bond motifs is 3. The van der Waals surface area contributed by atoms with E-state index in [1.807, 2.05) is 6.34 Å². The number of hydrogen-bond acceptors (Lipinski definition) is 4. The first-order chi connectivity index (χ1) is 12.8. The Labute approximate surface area is 174 Å². The monoisotopic (exact) mass is 398 g/mol. The van der Waals surface area contributed by atoms with Crippen molar-refractivity contribution in [2.45, 2.75) is 91.3 Å². The molecule has 2 atom stereocenters. The number of hydrogen-bond donors (Lipinski definition) is 1. The van der Waals surface area contributed by atoms with Crippen LogP contribution in [0.15, 0.2) is 4.99 Å². The van der Waals surface area contributed by atoms with Gasteiger partial charge in [0.2, 0.25) is 0 Å². The van der Waals surface area contributed by atoms with Crippen LogP contribution in [-0.2, 0) is 12.0 Å². The minimum absolute atomic E-state index is 0.0175. The van der Waals surface area contributed by atoms with Crippen molar-refractivity contribution < 1.29 is 0 Å². The van der Waals surface area contributed by atoms with Gasteiger partial charge in [-0.2, -0.15) is 5.26 Å². The zero-order valence-electron chi connectivity index (χ0n) is 18.4. The lowest BCUT2D eigenvalue weighted by molar-refractivity contribution is 0.133. The quantitative estimate of drug-likeness (QED) is 0.540. The molecule has 5 heteroatoms. The Bertz CT molecular complexity index is 870. The minimum atomic E-state index is -0.136. The summed E-state index contributed by atoms with van der Waals surface area (Å²) in [5.74, 6) is 0. The topological polar surface area (TPSA) is 51.4 Å². The summed E-state index contributed by atoms with van der Waals surface area (Å²) in [4.78, 5) is 8.60. The number of nitriles is 1. The third-order valence-corrected chi connectivity index (χ3v) is 8.18. The average molecular weight is 399 g/mol. The molecule has 0 radical (unpaired) electrons. The van der Waals surface area contributed by atoms with Gasteiger partial charge in [0.1, 0.15) is 11.1 Å². The lowest BCUT2D eigenvalue weighted by atomic mass is 9.65. The van der Waals surface area contributed by atoms with Crippen LogP contribution in [0, 0.1) is 22.2 Å². The van der Waals surface area contributed by atoms with E-state index in [9.17, 15) is 5.26 Å². The molecule has 3 aliphatic rings. The van der Waals surface area contributed by atoms with Crippen molar-refractivity contribution in [3.05, 3.63) is 16.0 Å². The minimum Gasteiger partial charge on any atom is -0.359 e. The summed E-state index contributed by atoms with van der Waals surface area (Å²) in [5.41, 5.74) is 2.62. The molecular weight excluding hydrogens is 364 g/mol. The number of thiophene rings is 1. The molecule has 1 saturated carbocycles. The van der Waals surface area contributed by atoms with Gasteiger partial charge in [0.05, 0.1) is 11.9 Å². The molecule has 3 heterocycles. The van der Waals surface area contributed by atoms with Crippen molar-refractivity contribution in [1.29, 1.82) is 5.26 Å². The Kier molecular flexibility index (Phi) is 4.31. The standard InChI is InChI=1S/C23H34N4S/c1-20(2)8-15-9-23(7,12-20)13-27(15)14-25-19-17(11-24)16-10-21(3,4)26-22(5,6)18(16)28-19/h14-15,26H,8-10,12-13H2,1-7H3. The molecule has 1 N–H and O–H groups in total. The van der Waals surface area contributed by atoms with Gasteiger partial charge >= 0.3 is 0 Å². The molecule has 4 nitrogen and oxygen atoms in total. The van der Waals surface area contributed by atoms with Gasteiger partial charge in [-0.15, -0.1) is 11.3 Å². The van der Waals surface area contributed by atoms with Crippen molar-refractivity contribution >= 4 is 22.7 Å². The van der Waals surface area contributed by atoms with Gasteiger partial charge in [-0.25, -0.2) is 4.99 Å². The molecular formula is C23H34N4S. The molecule has 1 saturated heterocycles. The van der Waals surface area contributed by atoms with E-state index in [-0.39, 0.29) is 11.1 Å². The lowest BCUT2D eigenvalue weighted by Gasteiger charge is -2.42. The molecule has 2 unspecified atom stereocenters. The van der Waals surface area contributed by atoms with Crippen LogP contribution in [-0.4, -0.2) is 29.4 Å². The van der Waals surface area contributed by atoms with Crippen molar-refractivity contribution in [3.63, 3.8) is 0 Å². The molecule has 2 fully saturated rings. The lowest BCUT2D eigenvalue weighted by Crippen LogP contribution is -2.54. The Hall–Kier alpha value is -1.38. The summed E-state index contributed by atoms with van der Waals surface area (Å²) >= 11 is 1.69. The summed E-state index contributed by atoms with van der Waals surface area (Å²) in [6.45, 7) is 17.2. The van der Waals surface area contributed by atoms with Crippen molar-refractivity contribution in [3.8, 4) is 6.07 Å². The molecule has 152 valence electrons. The second-order valence-electron chi connectivity index (χ2n) is 11.6. The molecule has 0 spiro atoms. The van der Waals surface area contributed by atoms with E-state index in [1.54, 1.807) is 11.3 Å². The molecule has 2 bridgehead atoms. The number of nitrogens with one attached hydrogen (secondary N) is 1. The van der Waals surface area contributed by atoms with E-state index in [2.05, 4.69) is 64.8 Å². The maximum atomic E-state index is 9.90. The van der Waals surface area contributed by atoms with Crippen molar-refractivity contribution in [2.75, 3.05) is 6.54 Å². The smallest absolute Gasteiger partial charge is 0.136 e. The second kappa shape index (κ2) is 6.06. The van der Waals surface area contributed by atoms with E-state index in [0.29, 0.717) is 16.9 Å². The van der Waals surface area contributed by atoms with Crippen LogP contribution in [0.2, 0.25) is 0 Å². The van der Waals surface area contributed by atoms with Gasteiger partial charge in [0, 0.05) is 28.5 Å². The maximum absolute atomic E-state index is 9.90. The Morgan fingerprint density at radius 3 is 2.57 bits per heavy atom. The van der Waals surface area contributed by atoms with Gasteiger partial charge in [-0.3, -0.25) is 0 Å². The first kappa shape index (κ1) is 19.9. The molecule has 1 aromatic rings. The molecule has 1 aliphatic carbocycles. The fourth-order valence-electron chi connectivity index (χ4n) is 6.49. The molecule has 4 rings (SSSR count). The van der Waals surface area contributed by atoms with Crippen LogP contribution >= 0.6 is 11.3 Å². The normalized spacial score (nSPS) is 32.4. The summed E-state index contributed by atoms with van der Waals surface area (Å²) in [6.07, 6.45) is 6.69. The Morgan fingerprint density at radius 2 is 1.89 bits per heavy atom. The largest absolute Gasteiger partial charge is 0.359 e. The van der Waals surface area contributed by atoms with Crippen molar-refractivity contribution in [1.82, 2.24) is 10.2 Å². The van der Waals surface area contributed by atoms with Crippen LogP contribution in [0.3, 0.4) is 0 Å². The zero-order chi connectivity index (χ0) is 20.5. The first-order valence-electron chi connectivity index (χ1n) is 10.5. The fourth-order valence-corrected chi connectivity index (χ4v) is 7.65. The van der Waals surface area contributed by atoms with Crippen LogP contribution < -0.4 is 5.32 Å². The molecule has 28 heavy (non-hydrogen) atoms. The SMILES string of the molecule is CC1(C)CC2CC(C)(CN2C=Nc2sc3c(c2C#N)CC(C)(C)NC3(C)C)C1. The Balaban J connectivity index is 1.65. The van der Waals surface area contributed by atoms with Crippen LogP contribution in [0.1, 0.15) is 83.7 Å². The van der Waals surface area contributed by atoms with E-state index < -0.39 is 0 Å². The highest BCUT2D eigenvalue weighted by Gasteiger charge is 2.49. The highest BCUT2D eigenvalue weighted by atomic mass is 32.1. The van der Waals surface area contributed by atoms with Gasteiger partial charge in [-0.05, 0) is 69.8 Å². The molecule has 2 aliphatic heterocycles. The van der Waals surface area contributed by atoms with Crippen LogP contribution in [0.4, 0.5) is 5.00 Å². The van der Waals surface area contributed by atoms with E-state index in [1.165, 1.54) is 29.7 Å². The van der Waals surface area contributed by atoms with Gasteiger partial charge in [0.25, 0.3) is 0 Å². The predicted octanol–water partition coefficient (Wildman–Crippen LogP) is 5.34. The summed E-state index contributed by atoms with van der Waals surface area (Å²) in [5, 5.41) is 14.5. The third-order valence-electron chi connectivity index (χ3n) is 6.72. The van der Waals surface area contributed by atoms with Gasteiger partial charge in [0.15, 0.2) is 0 Å². The fraction of sp³-hybridized carbons (Fsp3) is 0.739. The zero-order valence-corrected chi connectivity index (χ0v) is 19.3. The highest BCUT2D eigenvalue weighted by molar-refractivity contribution is 7.16. The molecule has 0 aromatic carbocycles. The second-order valence-corrected chi connectivity index (χ2v) is 12.6. The summed E-state index contributed by atoms with van der Waals surface area (Å²) in [6, 6.07) is 3.05. The average Bonchev–Trinajstić information content (AvgIpc) is 2.96.